The minimum absolute atomic E-state index is 0.00495. The topological polar surface area (TPSA) is 98.3 Å². The standard InChI is InChI=1S/C13H25N3O5/c1-11(2)15-16-13(18)14-4-5-19-6-7-20-8-9-21-10-12(3)17/h4-10H2,1-3H3,(H2,14,16,18). The third-order valence-electron chi connectivity index (χ3n) is 1.96. The Balaban J connectivity index is 3.20. The number of ketones is 1. The van der Waals surface area contributed by atoms with Crippen LogP contribution in [0.25, 0.3) is 0 Å². The number of hydrogen-bond donors (Lipinski definition) is 2. The largest absolute Gasteiger partial charge is 0.377 e. The zero-order valence-corrected chi connectivity index (χ0v) is 12.9. The molecular formula is C13H25N3O5. The van der Waals surface area contributed by atoms with Crippen LogP contribution in [0.4, 0.5) is 4.79 Å². The predicted molar refractivity (Wildman–Crippen MR) is 78.5 cm³/mol. The molecule has 0 aromatic rings. The van der Waals surface area contributed by atoms with Gasteiger partial charge in [-0.05, 0) is 20.8 Å². The molecule has 0 atom stereocenters. The number of hydrogen-bond acceptors (Lipinski definition) is 6. The summed E-state index contributed by atoms with van der Waals surface area (Å²) >= 11 is 0. The molecule has 0 saturated carbocycles. The smallest absolute Gasteiger partial charge is 0.335 e. The highest BCUT2D eigenvalue weighted by Crippen LogP contribution is 1.82. The molecule has 0 aromatic heterocycles. The van der Waals surface area contributed by atoms with Gasteiger partial charge in [-0.25, -0.2) is 10.2 Å². The number of nitrogens with zero attached hydrogens (tertiary/aromatic N) is 1. The number of carbonyl (C=O) groups excluding carboxylic acids is 2. The molecular weight excluding hydrogens is 278 g/mol. The average Bonchev–Trinajstić information content (AvgIpc) is 2.42. The molecule has 8 nitrogen and oxygen atoms in total. The molecule has 21 heavy (non-hydrogen) atoms. The van der Waals surface area contributed by atoms with Crippen LogP contribution in [0.15, 0.2) is 5.10 Å². The molecule has 0 rings (SSSR count). The number of ether oxygens (including phenoxy) is 3. The summed E-state index contributed by atoms with van der Waals surface area (Å²) in [5.74, 6) is -0.00495. The molecule has 8 heteroatoms. The van der Waals surface area contributed by atoms with Crippen LogP contribution in [0.3, 0.4) is 0 Å². The molecule has 0 unspecified atom stereocenters. The molecule has 0 bridgehead atoms. The van der Waals surface area contributed by atoms with Crippen LogP contribution in [-0.2, 0) is 19.0 Å². The van der Waals surface area contributed by atoms with Gasteiger partial charge in [0, 0.05) is 12.3 Å². The van der Waals surface area contributed by atoms with Gasteiger partial charge in [-0.2, -0.15) is 5.10 Å². The molecule has 0 aliphatic rings. The second kappa shape index (κ2) is 13.5. The Hall–Kier alpha value is -1.51. The number of urea groups is 1. The molecule has 122 valence electrons. The van der Waals surface area contributed by atoms with Crippen molar-refractivity contribution in [1.29, 1.82) is 0 Å². The summed E-state index contributed by atoms with van der Waals surface area (Å²) in [6.45, 7) is 7.64. The first-order valence-electron chi connectivity index (χ1n) is 6.79. The quantitative estimate of drug-likeness (QED) is 0.307. The van der Waals surface area contributed by atoms with E-state index in [2.05, 4.69) is 15.8 Å². The van der Waals surface area contributed by atoms with Crippen LogP contribution in [0, 0.1) is 0 Å². The van der Waals surface area contributed by atoms with Crippen molar-refractivity contribution < 1.29 is 23.8 Å². The summed E-state index contributed by atoms with van der Waals surface area (Å²) in [7, 11) is 0. The maximum atomic E-state index is 11.2. The number of Topliss-reactive ketones (excluding diaryl/α,β-unsaturated/α-hetero) is 1. The highest BCUT2D eigenvalue weighted by atomic mass is 16.5. The maximum Gasteiger partial charge on any atom is 0.335 e. The van der Waals surface area contributed by atoms with E-state index in [1.165, 1.54) is 6.92 Å². The predicted octanol–water partition coefficient (Wildman–Crippen LogP) is 0.320. The first-order valence-corrected chi connectivity index (χ1v) is 6.79. The molecule has 2 N–H and O–H groups in total. The van der Waals surface area contributed by atoms with Crippen molar-refractivity contribution in [3.05, 3.63) is 0 Å². The monoisotopic (exact) mass is 303 g/mol. The lowest BCUT2D eigenvalue weighted by molar-refractivity contribution is -0.122. The van der Waals surface area contributed by atoms with E-state index in [-0.39, 0.29) is 18.4 Å². The van der Waals surface area contributed by atoms with Crippen LogP contribution >= 0.6 is 0 Å². The van der Waals surface area contributed by atoms with E-state index in [4.69, 9.17) is 14.2 Å². The summed E-state index contributed by atoms with van der Waals surface area (Å²) < 4.78 is 15.5. The summed E-state index contributed by atoms with van der Waals surface area (Å²) in [4.78, 5) is 21.8. The second-order valence-corrected chi connectivity index (χ2v) is 4.41. The first-order chi connectivity index (χ1) is 10.0. The fraction of sp³-hybridized carbons (Fsp3) is 0.769. The van der Waals surface area contributed by atoms with Crippen molar-refractivity contribution in [2.45, 2.75) is 20.8 Å². The lowest BCUT2D eigenvalue weighted by atomic mass is 10.5. The van der Waals surface area contributed by atoms with Gasteiger partial charge in [0.05, 0.1) is 33.0 Å². The number of hydrazone groups is 1. The molecule has 0 saturated heterocycles. The van der Waals surface area contributed by atoms with Crippen molar-refractivity contribution in [3.63, 3.8) is 0 Å². The highest BCUT2D eigenvalue weighted by Gasteiger charge is 1.97. The van der Waals surface area contributed by atoms with Gasteiger partial charge in [0.1, 0.15) is 6.61 Å². The van der Waals surface area contributed by atoms with Crippen molar-refractivity contribution in [2.24, 2.45) is 5.10 Å². The van der Waals surface area contributed by atoms with E-state index in [0.717, 1.165) is 5.71 Å². The van der Waals surface area contributed by atoms with Gasteiger partial charge in [0.25, 0.3) is 0 Å². The molecule has 2 amide bonds. The highest BCUT2D eigenvalue weighted by molar-refractivity contribution is 5.81. The number of amides is 2. The maximum absolute atomic E-state index is 11.2. The molecule has 0 heterocycles. The molecule has 0 aliphatic heterocycles. The van der Waals surface area contributed by atoms with Crippen molar-refractivity contribution in [1.82, 2.24) is 10.7 Å². The van der Waals surface area contributed by atoms with Crippen LogP contribution in [0.5, 0.6) is 0 Å². The number of carbonyl (C=O) groups is 2. The number of nitrogens with one attached hydrogen (secondary N) is 2. The Morgan fingerprint density at radius 3 is 2.05 bits per heavy atom. The van der Waals surface area contributed by atoms with Gasteiger partial charge < -0.3 is 19.5 Å². The first kappa shape index (κ1) is 19.5. The van der Waals surface area contributed by atoms with Crippen LogP contribution in [0.2, 0.25) is 0 Å². The van der Waals surface area contributed by atoms with E-state index >= 15 is 0 Å². The van der Waals surface area contributed by atoms with Crippen LogP contribution < -0.4 is 10.7 Å². The van der Waals surface area contributed by atoms with Gasteiger partial charge in [0.2, 0.25) is 0 Å². The van der Waals surface area contributed by atoms with Gasteiger partial charge in [-0.1, -0.05) is 0 Å². The Morgan fingerprint density at radius 1 is 0.905 bits per heavy atom. The van der Waals surface area contributed by atoms with Gasteiger partial charge in [0.15, 0.2) is 5.78 Å². The van der Waals surface area contributed by atoms with Gasteiger partial charge >= 0.3 is 6.03 Å². The fourth-order valence-corrected chi connectivity index (χ4v) is 1.09. The van der Waals surface area contributed by atoms with E-state index in [1.807, 2.05) is 0 Å². The summed E-state index contributed by atoms with van der Waals surface area (Å²) in [5, 5.41) is 6.35. The molecule has 0 spiro atoms. The molecule has 0 aliphatic carbocycles. The van der Waals surface area contributed by atoms with E-state index < -0.39 is 0 Å². The summed E-state index contributed by atoms with van der Waals surface area (Å²) in [6.07, 6.45) is 0. The van der Waals surface area contributed by atoms with Crippen molar-refractivity contribution in [3.8, 4) is 0 Å². The molecule has 0 radical (unpaired) electrons. The Bertz CT molecular complexity index is 330. The Labute approximate surface area is 125 Å². The number of rotatable bonds is 12. The van der Waals surface area contributed by atoms with E-state index in [1.54, 1.807) is 13.8 Å². The third-order valence-corrected chi connectivity index (χ3v) is 1.96. The molecule has 0 fully saturated rings. The Kier molecular flexibility index (Phi) is 12.5. The minimum Gasteiger partial charge on any atom is -0.377 e. The van der Waals surface area contributed by atoms with Crippen molar-refractivity contribution >= 4 is 17.5 Å². The van der Waals surface area contributed by atoms with Crippen molar-refractivity contribution in [2.75, 3.05) is 46.2 Å². The zero-order valence-electron chi connectivity index (χ0n) is 12.9. The van der Waals surface area contributed by atoms with Crippen LogP contribution in [-0.4, -0.2) is 63.7 Å². The normalized spacial score (nSPS) is 10.0. The Morgan fingerprint density at radius 2 is 1.48 bits per heavy atom. The summed E-state index contributed by atoms with van der Waals surface area (Å²) in [6, 6.07) is -0.362. The van der Waals surface area contributed by atoms with Crippen LogP contribution in [0.1, 0.15) is 20.8 Å². The van der Waals surface area contributed by atoms with Gasteiger partial charge in [-0.3, -0.25) is 4.79 Å². The fourth-order valence-electron chi connectivity index (χ4n) is 1.09. The lowest BCUT2D eigenvalue weighted by Crippen LogP contribution is -2.35. The second-order valence-electron chi connectivity index (χ2n) is 4.41. The van der Waals surface area contributed by atoms with E-state index in [9.17, 15) is 9.59 Å². The SMILES string of the molecule is CC(=O)COCCOCCOCCNC(=O)NN=C(C)C. The average molecular weight is 303 g/mol. The lowest BCUT2D eigenvalue weighted by Gasteiger charge is -2.07. The minimum atomic E-state index is -0.362. The zero-order chi connectivity index (χ0) is 15.9. The molecule has 0 aromatic carbocycles. The van der Waals surface area contributed by atoms with Gasteiger partial charge in [-0.15, -0.1) is 0 Å². The van der Waals surface area contributed by atoms with E-state index in [0.29, 0.717) is 39.6 Å². The summed E-state index contributed by atoms with van der Waals surface area (Å²) in [5.41, 5.74) is 3.11. The third kappa shape index (κ3) is 16.4.